The van der Waals surface area contributed by atoms with E-state index in [0.29, 0.717) is 18.4 Å². The lowest BCUT2D eigenvalue weighted by Gasteiger charge is -2.16. The molecule has 4 rings (SSSR count). The summed E-state index contributed by atoms with van der Waals surface area (Å²) in [4.78, 5) is 13.7. The Morgan fingerprint density at radius 3 is 2.89 bits per heavy atom. The average Bonchev–Trinajstić information content (AvgIpc) is 3.37. The molecule has 142 valence electrons. The molecule has 0 radical (unpaired) electrons. The number of nitrogens with zero attached hydrogens (tertiary/aromatic N) is 4. The molecule has 1 atom stereocenters. The van der Waals surface area contributed by atoms with Crippen molar-refractivity contribution in [1.82, 2.24) is 15.4 Å². The zero-order chi connectivity index (χ0) is 18.8. The number of hydrogen-bond donors (Lipinski definition) is 3. The molecule has 27 heavy (non-hydrogen) atoms. The van der Waals surface area contributed by atoms with Gasteiger partial charge in [0.2, 0.25) is 5.95 Å². The molecule has 3 N–H and O–H groups in total. The maximum atomic E-state index is 4.68. The second kappa shape index (κ2) is 7.72. The fourth-order valence-electron chi connectivity index (χ4n) is 2.96. The Morgan fingerprint density at radius 2 is 2.22 bits per heavy atom. The Morgan fingerprint density at radius 1 is 1.37 bits per heavy atom. The topological polar surface area (TPSA) is 86.6 Å². The van der Waals surface area contributed by atoms with Crippen LogP contribution in [0.15, 0.2) is 40.2 Å². The van der Waals surface area contributed by atoms with E-state index in [4.69, 9.17) is 0 Å². The SMILES string of the molecule is C=C(C)C1CSC(CNc2nc(C)cc(NC3=CCC(C4CC4)=NN3)n2)=N1. The van der Waals surface area contributed by atoms with Crippen LogP contribution in [0.3, 0.4) is 0 Å². The smallest absolute Gasteiger partial charge is 0.225 e. The van der Waals surface area contributed by atoms with Gasteiger partial charge in [-0.3, -0.25) is 10.4 Å². The van der Waals surface area contributed by atoms with Gasteiger partial charge in [-0.1, -0.05) is 12.2 Å². The monoisotopic (exact) mass is 383 g/mol. The Labute approximate surface area is 163 Å². The number of rotatable bonds is 7. The van der Waals surface area contributed by atoms with Crippen molar-refractivity contribution in [3.05, 3.63) is 35.8 Å². The van der Waals surface area contributed by atoms with Crippen molar-refractivity contribution in [2.45, 2.75) is 39.2 Å². The minimum atomic E-state index is 0.229. The van der Waals surface area contributed by atoms with Crippen LogP contribution in [0, 0.1) is 12.8 Å². The molecule has 3 heterocycles. The predicted molar refractivity (Wildman–Crippen MR) is 113 cm³/mol. The van der Waals surface area contributed by atoms with E-state index in [1.807, 2.05) is 19.9 Å². The van der Waals surface area contributed by atoms with Crippen LogP contribution < -0.4 is 16.1 Å². The quantitative estimate of drug-likeness (QED) is 0.626. The highest BCUT2D eigenvalue weighted by Crippen LogP contribution is 2.32. The molecule has 0 amide bonds. The summed E-state index contributed by atoms with van der Waals surface area (Å²) < 4.78 is 0. The number of hydrazone groups is 1. The van der Waals surface area contributed by atoms with E-state index in [0.717, 1.165) is 40.1 Å². The second-order valence-corrected chi connectivity index (χ2v) is 8.30. The minimum Gasteiger partial charge on any atom is -0.348 e. The molecule has 8 heteroatoms. The number of aryl methyl sites for hydroxylation is 1. The minimum absolute atomic E-state index is 0.229. The Balaban J connectivity index is 1.36. The Hall–Kier alpha value is -2.35. The fraction of sp³-hybridized carbons (Fsp3) is 0.474. The van der Waals surface area contributed by atoms with Crippen molar-refractivity contribution in [2.24, 2.45) is 16.0 Å². The molecule has 2 aliphatic heterocycles. The number of nitrogens with one attached hydrogen (secondary N) is 3. The first-order chi connectivity index (χ1) is 13.1. The summed E-state index contributed by atoms with van der Waals surface area (Å²) >= 11 is 1.76. The summed E-state index contributed by atoms with van der Waals surface area (Å²) in [6, 6.07) is 2.15. The first kappa shape index (κ1) is 18.0. The van der Waals surface area contributed by atoms with E-state index in [-0.39, 0.29) is 6.04 Å². The molecule has 0 spiro atoms. The van der Waals surface area contributed by atoms with Gasteiger partial charge in [-0.05, 0) is 38.7 Å². The van der Waals surface area contributed by atoms with Gasteiger partial charge in [0.25, 0.3) is 0 Å². The molecule has 0 saturated heterocycles. The molecule has 1 unspecified atom stereocenters. The summed E-state index contributed by atoms with van der Waals surface area (Å²) in [7, 11) is 0. The Kier molecular flexibility index (Phi) is 5.15. The van der Waals surface area contributed by atoms with Crippen LogP contribution in [0.2, 0.25) is 0 Å². The van der Waals surface area contributed by atoms with Gasteiger partial charge in [-0.15, -0.1) is 11.8 Å². The lowest BCUT2D eigenvalue weighted by Crippen LogP contribution is -2.22. The molecule has 1 fully saturated rings. The molecule has 1 aromatic heterocycles. The zero-order valence-corrected chi connectivity index (χ0v) is 16.6. The second-order valence-electron chi connectivity index (χ2n) is 7.20. The van der Waals surface area contributed by atoms with Crippen LogP contribution in [0.25, 0.3) is 0 Å². The number of aromatic nitrogens is 2. The summed E-state index contributed by atoms with van der Waals surface area (Å²) in [6.45, 7) is 8.61. The van der Waals surface area contributed by atoms with Gasteiger partial charge in [0.05, 0.1) is 17.6 Å². The highest BCUT2D eigenvalue weighted by molar-refractivity contribution is 8.14. The van der Waals surface area contributed by atoms with Gasteiger partial charge < -0.3 is 10.6 Å². The normalized spacial score (nSPS) is 21.7. The van der Waals surface area contributed by atoms with Gasteiger partial charge in [-0.25, -0.2) is 4.98 Å². The van der Waals surface area contributed by atoms with Gasteiger partial charge in [-0.2, -0.15) is 10.1 Å². The Bertz CT molecular complexity index is 838. The fourth-order valence-corrected chi connectivity index (χ4v) is 4.05. The van der Waals surface area contributed by atoms with Crippen LogP contribution >= 0.6 is 11.8 Å². The molecule has 1 aliphatic carbocycles. The van der Waals surface area contributed by atoms with E-state index in [9.17, 15) is 0 Å². The van der Waals surface area contributed by atoms with E-state index >= 15 is 0 Å². The third-order valence-corrected chi connectivity index (χ3v) is 5.74. The van der Waals surface area contributed by atoms with Crippen molar-refractivity contribution in [2.75, 3.05) is 22.9 Å². The maximum absolute atomic E-state index is 4.68. The van der Waals surface area contributed by atoms with Crippen molar-refractivity contribution in [3.8, 4) is 0 Å². The van der Waals surface area contributed by atoms with Gasteiger partial charge >= 0.3 is 0 Å². The van der Waals surface area contributed by atoms with Crippen molar-refractivity contribution in [1.29, 1.82) is 0 Å². The number of allylic oxidation sites excluding steroid dienone is 1. The molecular formula is C19H25N7S. The standard InChI is InChI=1S/C19H25N7S/c1-11(2)15-10-27-18(22-15)9-20-19-21-12(3)8-17(24-19)23-16-7-6-14(25-26-16)13-4-5-13/h7-8,13,15,26H,1,4-6,9-10H2,2-3H3,(H2,20,21,23,24). The van der Waals surface area contributed by atoms with Gasteiger partial charge in [0, 0.05) is 29.6 Å². The van der Waals surface area contributed by atoms with E-state index < -0.39 is 0 Å². The lowest BCUT2D eigenvalue weighted by molar-refractivity contribution is 0.839. The van der Waals surface area contributed by atoms with Crippen LogP contribution in [0.4, 0.5) is 11.8 Å². The summed E-state index contributed by atoms with van der Waals surface area (Å²) in [6.07, 6.45) is 5.57. The molecule has 1 saturated carbocycles. The van der Waals surface area contributed by atoms with Gasteiger partial charge in [0.1, 0.15) is 11.6 Å². The van der Waals surface area contributed by atoms with Crippen LogP contribution in [0.1, 0.15) is 31.9 Å². The summed E-state index contributed by atoms with van der Waals surface area (Å²) in [5, 5.41) is 12.1. The largest absolute Gasteiger partial charge is 0.348 e. The molecular weight excluding hydrogens is 358 g/mol. The van der Waals surface area contributed by atoms with E-state index in [2.05, 4.69) is 48.8 Å². The summed E-state index contributed by atoms with van der Waals surface area (Å²) in [5.41, 5.74) is 6.36. The van der Waals surface area contributed by atoms with Crippen LogP contribution in [-0.4, -0.2) is 39.1 Å². The lowest BCUT2D eigenvalue weighted by atomic mass is 10.1. The first-order valence-electron chi connectivity index (χ1n) is 9.31. The number of anilines is 2. The molecule has 3 aliphatic rings. The van der Waals surface area contributed by atoms with Gasteiger partial charge in [0.15, 0.2) is 0 Å². The highest BCUT2D eigenvalue weighted by Gasteiger charge is 2.28. The molecule has 0 aromatic carbocycles. The molecule has 1 aromatic rings. The number of aliphatic imine (C=N–C) groups is 1. The zero-order valence-electron chi connectivity index (χ0n) is 15.7. The summed E-state index contributed by atoms with van der Waals surface area (Å²) in [5.74, 6) is 3.86. The van der Waals surface area contributed by atoms with Crippen LogP contribution in [0.5, 0.6) is 0 Å². The number of thioether (sulfide) groups is 1. The molecule has 7 nitrogen and oxygen atoms in total. The van der Waals surface area contributed by atoms with E-state index in [1.165, 1.54) is 18.6 Å². The maximum Gasteiger partial charge on any atom is 0.225 e. The third-order valence-electron chi connectivity index (χ3n) is 4.68. The number of hydrogen-bond acceptors (Lipinski definition) is 8. The third kappa shape index (κ3) is 4.68. The van der Waals surface area contributed by atoms with Crippen molar-refractivity contribution in [3.63, 3.8) is 0 Å². The van der Waals surface area contributed by atoms with E-state index in [1.54, 1.807) is 11.8 Å². The van der Waals surface area contributed by atoms with Crippen molar-refractivity contribution >= 4 is 34.3 Å². The predicted octanol–water partition coefficient (Wildman–Crippen LogP) is 3.30. The molecule has 0 bridgehead atoms. The first-order valence-corrected chi connectivity index (χ1v) is 10.3. The van der Waals surface area contributed by atoms with Crippen LogP contribution in [-0.2, 0) is 0 Å². The average molecular weight is 384 g/mol. The van der Waals surface area contributed by atoms with Crippen molar-refractivity contribution < 1.29 is 0 Å². The highest BCUT2D eigenvalue weighted by atomic mass is 32.2.